The lowest BCUT2D eigenvalue weighted by Gasteiger charge is -2.43. The smallest absolute Gasteiger partial charge is 0.202 e. The molecule has 0 unspecified atom stereocenters. The number of hydrogen-bond acceptors (Lipinski definition) is 3. The van der Waals surface area contributed by atoms with Crippen LogP contribution in [0.4, 0.5) is 0 Å². The monoisotopic (exact) mass is 297 g/mol. The van der Waals surface area contributed by atoms with E-state index in [4.69, 9.17) is 11.6 Å². The van der Waals surface area contributed by atoms with Crippen LogP contribution < -0.4 is 0 Å². The molecule has 2 rings (SSSR count). The Labute approximate surface area is 126 Å². The average Bonchev–Trinajstić information content (AvgIpc) is 2.79. The van der Waals surface area contributed by atoms with Crippen LogP contribution in [0.5, 0.6) is 0 Å². The molecule has 0 atom stereocenters. The summed E-state index contributed by atoms with van der Waals surface area (Å²) in [5.74, 6) is 0.821. The van der Waals surface area contributed by atoms with Crippen molar-refractivity contribution < 1.29 is 4.79 Å². The molecular formula is C15H24ClN3O. The molecule has 5 heteroatoms. The summed E-state index contributed by atoms with van der Waals surface area (Å²) >= 11 is 6.21. The van der Waals surface area contributed by atoms with E-state index in [2.05, 4.69) is 16.9 Å². The van der Waals surface area contributed by atoms with E-state index in [0.717, 1.165) is 25.7 Å². The number of aryl methyl sites for hydroxylation is 1. The van der Waals surface area contributed by atoms with Gasteiger partial charge in [0.25, 0.3) is 0 Å². The summed E-state index contributed by atoms with van der Waals surface area (Å²) in [7, 11) is 3.99. The van der Waals surface area contributed by atoms with Crippen LogP contribution in [0.15, 0.2) is 6.20 Å². The van der Waals surface area contributed by atoms with E-state index in [1.54, 1.807) is 10.9 Å². The minimum atomic E-state index is -0.427. The lowest BCUT2D eigenvalue weighted by Crippen LogP contribution is -2.53. The SMILES string of the molecule is CCn1ncc(Cl)c1C(=O)C1(N(C)C)CCC(C)CC1. The molecule has 1 saturated carbocycles. The number of ketones is 1. The van der Waals surface area contributed by atoms with Crippen LogP contribution >= 0.6 is 11.6 Å². The van der Waals surface area contributed by atoms with Crippen molar-refractivity contribution in [1.82, 2.24) is 14.7 Å². The predicted molar refractivity (Wildman–Crippen MR) is 81.3 cm³/mol. The standard InChI is InChI=1S/C15H24ClN3O/c1-5-19-13(12(16)10-17-19)14(20)15(18(3)4)8-6-11(2)7-9-15/h10-11H,5-9H2,1-4H3. The van der Waals surface area contributed by atoms with Gasteiger partial charge in [0.15, 0.2) is 0 Å². The number of hydrogen-bond donors (Lipinski definition) is 0. The minimum absolute atomic E-state index is 0.124. The Hall–Kier alpha value is -0.870. The number of Topliss-reactive ketones (excluding diaryl/α,β-unsaturated/α-hetero) is 1. The molecule has 0 N–H and O–H groups in total. The average molecular weight is 298 g/mol. The van der Waals surface area contributed by atoms with Gasteiger partial charge in [-0.25, -0.2) is 0 Å². The molecule has 0 amide bonds. The third-order valence-corrected chi connectivity index (χ3v) is 4.97. The molecule has 112 valence electrons. The zero-order valence-corrected chi connectivity index (χ0v) is 13.6. The zero-order valence-electron chi connectivity index (χ0n) is 12.8. The summed E-state index contributed by atoms with van der Waals surface area (Å²) in [5.41, 5.74) is 0.140. The van der Waals surface area contributed by atoms with Gasteiger partial charge in [0.2, 0.25) is 5.78 Å². The Balaban J connectivity index is 2.39. The summed E-state index contributed by atoms with van der Waals surface area (Å²) in [6.45, 7) is 4.90. The molecule has 1 aliphatic carbocycles. The lowest BCUT2D eigenvalue weighted by atomic mass is 9.73. The number of nitrogens with zero attached hydrogens (tertiary/aromatic N) is 3. The van der Waals surface area contributed by atoms with E-state index in [1.807, 2.05) is 21.0 Å². The van der Waals surface area contributed by atoms with Gasteiger partial charge < -0.3 is 0 Å². The molecule has 0 radical (unpaired) electrons. The van der Waals surface area contributed by atoms with Crippen LogP contribution in [0.2, 0.25) is 5.02 Å². The first-order valence-corrected chi connectivity index (χ1v) is 7.73. The minimum Gasteiger partial charge on any atom is -0.297 e. The van der Waals surface area contributed by atoms with Gasteiger partial charge in [-0.1, -0.05) is 18.5 Å². The molecule has 1 aromatic heterocycles. The van der Waals surface area contributed by atoms with E-state index in [0.29, 0.717) is 23.2 Å². The summed E-state index contributed by atoms with van der Waals surface area (Å²) in [4.78, 5) is 15.2. The van der Waals surface area contributed by atoms with Crippen LogP contribution in [0.1, 0.15) is 50.0 Å². The van der Waals surface area contributed by atoms with E-state index < -0.39 is 5.54 Å². The highest BCUT2D eigenvalue weighted by Gasteiger charge is 2.45. The maximum atomic E-state index is 13.1. The maximum absolute atomic E-state index is 13.1. The highest BCUT2D eigenvalue weighted by molar-refractivity contribution is 6.34. The Morgan fingerprint density at radius 3 is 2.60 bits per heavy atom. The predicted octanol–water partition coefficient (Wildman–Crippen LogP) is 3.25. The highest BCUT2D eigenvalue weighted by atomic mass is 35.5. The topological polar surface area (TPSA) is 38.1 Å². The summed E-state index contributed by atoms with van der Waals surface area (Å²) in [6.07, 6.45) is 5.53. The molecule has 0 bridgehead atoms. The van der Waals surface area contributed by atoms with Crippen molar-refractivity contribution in [2.24, 2.45) is 5.92 Å². The van der Waals surface area contributed by atoms with E-state index in [1.165, 1.54) is 0 Å². The molecule has 0 aromatic carbocycles. The number of carbonyl (C=O) groups excluding carboxylic acids is 1. The number of halogens is 1. The van der Waals surface area contributed by atoms with Crippen molar-refractivity contribution in [3.05, 3.63) is 16.9 Å². The second kappa shape index (κ2) is 5.86. The number of aromatic nitrogens is 2. The molecule has 4 nitrogen and oxygen atoms in total. The van der Waals surface area contributed by atoms with Crippen molar-refractivity contribution in [3.63, 3.8) is 0 Å². The van der Waals surface area contributed by atoms with Crippen LogP contribution in [0, 0.1) is 5.92 Å². The fourth-order valence-corrected chi connectivity index (χ4v) is 3.39. The molecule has 0 aliphatic heterocycles. The van der Waals surface area contributed by atoms with Gasteiger partial charge in [0, 0.05) is 6.54 Å². The van der Waals surface area contributed by atoms with Crippen molar-refractivity contribution in [3.8, 4) is 0 Å². The van der Waals surface area contributed by atoms with Gasteiger partial charge >= 0.3 is 0 Å². The lowest BCUT2D eigenvalue weighted by molar-refractivity contribution is 0.0502. The fourth-order valence-electron chi connectivity index (χ4n) is 3.17. The Bertz CT molecular complexity index is 487. The highest BCUT2D eigenvalue weighted by Crippen LogP contribution is 2.38. The molecule has 0 spiro atoms. The maximum Gasteiger partial charge on any atom is 0.202 e. The van der Waals surface area contributed by atoms with E-state index in [-0.39, 0.29) is 5.78 Å². The number of carbonyl (C=O) groups is 1. The molecular weight excluding hydrogens is 274 g/mol. The number of likely N-dealkylation sites (N-methyl/N-ethyl adjacent to an activating group) is 1. The summed E-state index contributed by atoms with van der Waals surface area (Å²) < 4.78 is 1.72. The van der Waals surface area contributed by atoms with Gasteiger partial charge in [-0.3, -0.25) is 14.4 Å². The van der Waals surface area contributed by atoms with Gasteiger partial charge in [0.05, 0.1) is 16.8 Å². The fraction of sp³-hybridized carbons (Fsp3) is 0.733. The van der Waals surface area contributed by atoms with Crippen molar-refractivity contribution in [1.29, 1.82) is 0 Å². The van der Waals surface area contributed by atoms with Crippen LogP contribution in [-0.4, -0.2) is 40.1 Å². The largest absolute Gasteiger partial charge is 0.297 e. The van der Waals surface area contributed by atoms with E-state index >= 15 is 0 Å². The second-order valence-electron chi connectivity index (χ2n) is 6.09. The van der Waals surface area contributed by atoms with Crippen molar-refractivity contribution >= 4 is 17.4 Å². The first-order chi connectivity index (χ1) is 9.42. The van der Waals surface area contributed by atoms with Crippen molar-refractivity contribution in [2.45, 2.75) is 51.6 Å². The van der Waals surface area contributed by atoms with Crippen molar-refractivity contribution in [2.75, 3.05) is 14.1 Å². The molecule has 1 aromatic rings. The zero-order chi connectivity index (χ0) is 14.9. The quantitative estimate of drug-likeness (QED) is 0.801. The third-order valence-electron chi connectivity index (χ3n) is 4.69. The molecule has 1 fully saturated rings. The molecule has 1 heterocycles. The second-order valence-corrected chi connectivity index (χ2v) is 6.50. The van der Waals surface area contributed by atoms with E-state index in [9.17, 15) is 4.79 Å². The molecule has 20 heavy (non-hydrogen) atoms. The van der Waals surface area contributed by atoms with Gasteiger partial charge in [-0.15, -0.1) is 0 Å². The Kier molecular flexibility index (Phi) is 4.55. The Morgan fingerprint density at radius 1 is 1.50 bits per heavy atom. The summed E-state index contributed by atoms with van der Waals surface area (Å²) in [5, 5.41) is 4.67. The Morgan fingerprint density at radius 2 is 2.10 bits per heavy atom. The van der Waals surface area contributed by atoms with Gasteiger partial charge in [-0.05, 0) is 52.6 Å². The summed E-state index contributed by atoms with van der Waals surface area (Å²) in [6, 6.07) is 0. The molecule has 1 aliphatic rings. The van der Waals surface area contributed by atoms with Gasteiger partial charge in [-0.2, -0.15) is 5.10 Å². The third kappa shape index (κ3) is 2.51. The van der Waals surface area contributed by atoms with Crippen LogP contribution in [0.3, 0.4) is 0 Å². The van der Waals surface area contributed by atoms with Crippen LogP contribution in [-0.2, 0) is 6.54 Å². The normalized spacial score (nSPS) is 27.0. The van der Waals surface area contributed by atoms with Crippen LogP contribution in [0.25, 0.3) is 0 Å². The first kappa shape index (κ1) is 15.5. The number of rotatable bonds is 4. The van der Waals surface area contributed by atoms with Gasteiger partial charge in [0.1, 0.15) is 5.69 Å². The first-order valence-electron chi connectivity index (χ1n) is 7.36. The molecule has 0 saturated heterocycles.